The Morgan fingerprint density at radius 3 is 2.55 bits per heavy atom. The number of hydrogen-bond donors (Lipinski definition) is 2. The van der Waals surface area contributed by atoms with Gasteiger partial charge in [0.05, 0.1) is 6.54 Å². The number of rotatable bonds is 12. The standard InChI is InChI=1S/C22H32N4O5/c1-4-5-14-31-16(2)21(28)25(12-9-13-30-3)18-19(23)26(22(29)24-20(18)27)15-17-10-7-6-8-11-17/h6-8,10-11,16H,4-5,9,12-15,23H2,1-3H3,(H,24,27,29). The summed E-state index contributed by atoms with van der Waals surface area (Å²) in [6, 6.07) is 9.26. The molecule has 9 nitrogen and oxygen atoms in total. The number of carbonyl (C=O) groups excluding carboxylic acids is 1. The third kappa shape index (κ3) is 6.53. The number of aromatic nitrogens is 2. The van der Waals surface area contributed by atoms with E-state index in [1.807, 2.05) is 37.3 Å². The van der Waals surface area contributed by atoms with Gasteiger partial charge in [0.25, 0.3) is 11.5 Å². The molecular formula is C22H32N4O5. The summed E-state index contributed by atoms with van der Waals surface area (Å²) in [5.41, 5.74) is 5.71. The lowest BCUT2D eigenvalue weighted by Crippen LogP contribution is -2.45. The van der Waals surface area contributed by atoms with Gasteiger partial charge in [0.1, 0.15) is 11.9 Å². The smallest absolute Gasteiger partial charge is 0.330 e. The van der Waals surface area contributed by atoms with Crippen molar-refractivity contribution in [1.82, 2.24) is 9.55 Å². The van der Waals surface area contributed by atoms with Crippen LogP contribution in [-0.4, -0.2) is 48.4 Å². The van der Waals surface area contributed by atoms with E-state index in [-0.39, 0.29) is 24.6 Å². The number of H-pyrrole nitrogens is 1. The Bertz CT molecular complexity index is 955. The van der Waals surface area contributed by atoms with E-state index in [4.69, 9.17) is 15.2 Å². The molecule has 0 bridgehead atoms. The molecule has 0 saturated carbocycles. The minimum atomic E-state index is -0.762. The fraction of sp³-hybridized carbons (Fsp3) is 0.500. The van der Waals surface area contributed by atoms with Crippen molar-refractivity contribution in [3.63, 3.8) is 0 Å². The maximum Gasteiger partial charge on any atom is 0.330 e. The summed E-state index contributed by atoms with van der Waals surface area (Å²) in [5, 5.41) is 0. The number of nitrogens with zero attached hydrogens (tertiary/aromatic N) is 2. The fourth-order valence-electron chi connectivity index (χ4n) is 3.16. The Hall–Kier alpha value is -2.91. The van der Waals surface area contributed by atoms with E-state index in [0.717, 1.165) is 18.4 Å². The highest BCUT2D eigenvalue weighted by Crippen LogP contribution is 2.20. The summed E-state index contributed by atoms with van der Waals surface area (Å²) in [4.78, 5) is 41.9. The van der Waals surface area contributed by atoms with Crippen molar-refractivity contribution in [2.45, 2.75) is 45.8 Å². The molecule has 170 valence electrons. The molecule has 0 fully saturated rings. The van der Waals surface area contributed by atoms with Crippen molar-refractivity contribution >= 4 is 17.4 Å². The lowest BCUT2D eigenvalue weighted by Gasteiger charge is -2.27. The average Bonchev–Trinajstić information content (AvgIpc) is 2.76. The number of methoxy groups -OCH3 is 1. The molecule has 0 spiro atoms. The van der Waals surface area contributed by atoms with Crippen molar-refractivity contribution in [1.29, 1.82) is 0 Å². The summed E-state index contributed by atoms with van der Waals surface area (Å²) in [6.07, 6.45) is 1.49. The predicted octanol–water partition coefficient (Wildman–Crippen LogP) is 1.74. The third-order valence-electron chi connectivity index (χ3n) is 4.88. The monoisotopic (exact) mass is 432 g/mol. The Morgan fingerprint density at radius 1 is 1.19 bits per heavy atom. The van der Waals surface area contributed by atoms with E-state index in [1.165, 1.54) is 9.47 Å². The Kier molecular flexibility index (Phi) is 9.48. The van der Waals surface area contributed by atoms with Crippen LogP contribution in [0.5, 0.6) is 0 Å². The summed E-state index contributed by atoms with van der Waals surface area (Å²) >= 11 is 0. The number of anilines is 2. The molecule has 0 aliphatic rings. The molecule has 1 atom stereocenters. The Balaban J connectivity index is 2.43. The van der Waals surface area contributed by atoms with E-state index in [2.05, 4.69) is 4.98 Å². The molecule has 2 rings (SSSR count). The van der Waals surface area contributed by atoms with Crippen LogP contribution in [0.25, 0.3) is 0 Å². The van der Waals surface area contributed by atoms with Crippen molar-refractivity contribution < 1.29 is 14.3 Å². The molecule has 1 aromatic heterocycles. The number of hydrogen-bond acceptors (Lipinski definition) is 6. The first-order chi connectivity index (χ1) is 14.9. The topological polar surface area (TPSA) is 120 Å². The van der Waals surface area contributed by atoms with Crippen LogP contribution in [0.1, 0.15) is 38.7 Å². The van der Waals surface area contributed by atoms with E-state index < -0.39 is 23.3 Å². The van der Waals surface area contributed by atoms with Gasteiger partial charge in [0, 0.05) is 26.9 Å². The zero-order valence-corrected chi connectivity index (χ0v) is 18.4. The highest BCUT2D eigenvalue weighted by molar-refractivity contribution is 5.98. The number of carbonyl (C=O) groups is 1. The van der Waals surface area contributed by atoms with E-state index in [0.29, 0.717) is 19.6 Å². The largest absolute Gasteiger partial charge is 0.385 e. The normalized spacial score (nSPS) is 12.0. The number of nitrogens with two attached hydrogens (primary N) is 1. The number of unbranched alkanes of at least 4 members (excludes halogenated alkanes) is 1. The van der Waals surface area contributed by atoms with E-state index >= 15 is 0 Å². The maximum absolute atomic E-state index is 13.2. The van der Waals surface area contributed by atoms with Gasteiger partial charge in [-0.3, -0.25) is 19.1 Å². The molecule has 31 heavy (non-hydrogen) atoms. The molecule has 1 unspecified atom stereocenters. The van der Waals surface area contributed by atoms with Crippen LogP contribution in [0.4, 0.5) is 11.5 Å². The zero-order valence-electron chi connectivity index (χ0n) is 18.4. The number of nitrogens with one attached hydrogen (secondary N) is 1. The quantitative estimate of drug-likeness (QED) is 0.493. The van der Waals surface area contributed by atoms with Crippen molar-refractivity contribution in [3.8, 4) is 0 Å². The Labute approximate surface area is 181 Å². The van der Waals surface area contributed by atoms with Crippen LogP contribution < -0.4 is 21.9 Å². The van der Waals surface area contributed by atoms with Gasteiger partial charge in [0.15, 0.2) is 5.69 Å². The lowest BCUT2D eigenvalue weighted by molar-refractivity contribution is -0.129. The second-order valence-electron chi connectivity index (χ2n) is 7.27. The second-order valence-corrected chi connectivity index (χ2v) is 7.27. The molecule has 1 aromatic carbocycles. The molecule has 1 amide bonds. The van der Waals surface area contributed by atoms with Gasteiger partial charge < -0.3 is 20.1 Å². The van der Waals surface area contributed by atoms with Crippen LogP contribution in [0.15, 0.2) is 39.9 Å². The van der Waals surface area contributed by atoms with Gasteiger partial charge in [-0.05, 0) is 25.3 Å². The van der Waals surface area contributed by atoms with Crippen LogP contribution in [0.2, 0.25) is 0 Å². The fourth-order valence-corrected chi connectivity index (χ4v) is 3.16. The highest BCUT2D eigenvalue weighted by Gasteiger charge is 2.28. The summed E-state index contributed by atoms with van der Waals surface area (Å²) in [5.74, 6) is -0.460. The number of aromatic amines is 1. The molecular weight excluding hydrogens is 400 g/mol. The second kappa shape index (κ2) is 12.1. The molecule has 0 radical (unpaired) electrons. The first kappa shape index (κ1) is 24.4. The SMILES string of the molecule is CCCCOC(C)C(=O)N(CCCOC)c1c(N)n(Cc2ccccc2)c(=O)[nH]c1=O. The third-order valence-corrected chi connectivity index (χ3v) is 4.88. The van der Waals surface area contributed by atoms with Crippen LogP contribution in [-0.2, 0) is 20.8 Å². The lowest BCUT2D eigenvalue weighted by atomic mass is 10.2. The Morgan fingerprint density at radius 2 is 1.90 bits per heavy atom. The first-order valence-corrected chi connectivity index (χ1v) is 10.5. The number of ether oxygens (including phenoxy) is 2. The number of benzene rings is 1. The van der Waals surface area contributed by atoms with Gasteiger partial charge >= 0.3 is 5.69 Å². The van der Waals surface area contributed by atoms with Gasteiger partial charge in [-0.1, -0.05) is 43.7 Å². The van der Waals surface area contributed by atoms with Gasteiger partial charge in [-0.15, -0.1) is 0 Å². The van der Waals surface area contributed by atoms with Crippen molar-refractivity contribution in [3.05, 3.63) is 56.7 Å². The molecule has 2 aromatic rings. The van der Waals surface area contributed by atoms with Crippen molar-refractivity contribution in [2.24, 2.45) is 0 Å². The summed E-state index contributed by atoms with van der Waals surface area (Å²) in [7, 11) is 1.56. The van der Waals surface area contributed by atoms with Gasteiger partial charge in [-0.2, -0.15) is 0 Å². The van der Waals surface area contributed by atoms with Crippen LogP contribution in [0.3, 0.4) is 0 Å². The van der Waals surface area contributed by atoms with Gasteiger partial charge in [0.2, 0.25) is 0 Å². The number of amides is 1. The van der Waals surface area contributed by atoms with Crippen LogP contribution in [0, 0.1) is 0 Å². The summed E-state index contributed by atoms with van der Waals surface area (Å²) < 4.78 is 12.0. The minimum absolute atomic E-state index is 0.0532. The molecule has 1 heterocycles. The summed E-state index contributed by atoms with van der Waals surface area (Å²) in [6.45, 7) is 4.88. The van der Waals surface area contributed by atoms with E-state index in [1.54, 1.807) is 14.0 Å². The minimum Gasteiger partial charge on any atom is -0.385 e. The van der Waals surface area contributed by atoms with E-state index in [9.17, 15) is 14.4 Å². The van der Waals surface area contributed by atoms with Crippen molar-refractivity contribution in [2.75, 3.05) is 37.5 Å². The highest BCUT2D eigenvalue weighted by atomic mass is 16.5. The predicted molar refractivity (Wildman–Crippen MR) is 120 cm³/mol. The molecule has 3 N–H and O–H groups in total. The molecule has 0 aliphatic heterocycles. The molecule has 0 aliphatic carbocycles. The maximum atomic E-state index is 13.2. The first-order valence-electron chi connectivity index (χ1n) is 10.5. The molecule has 9 heteroatoms. The van der Waals surface area contributed by atoms with Gasteiger partial charge in [-0.25, -0.2) is 4.79 Å². The zero-order chi connectivity index (χ0) is 22.8. The number of nitrogen functional groups attached to an aromatic ring is 1. The molecule has 0 saturated heterocycles. The van der Waals surface area contributed by atoms with Crippen LogP contribution >= 0.6 is 0 Å². The average molecular weight is 433 g/mol.